The molecule has 0 radical (unpaired) electrons. The summed E-state index contributed by atoms with van der Waals surface area (Å²) in [7, 11) is 0. The molecule has 0 saturated heterocycles. The SMILES string of the molecule is O=CC1=Cc2c(F)cc(C#Cc3ccc(C(F)(F)F)cc3)cc2OC1. The Morgan fingerprint density at radius 2 is 1.72 bits per heavy atom. The normalized spacial score (nSPS) is 13.0. The molecular weight excluding hydrogens is 336 g/mol. The summed E-state index contributed by atoms with van der Waals surface area (Å²) in [4.78, 5) is 10.7. The lowest BCUT2D eigenvalue weighted by atomic mass is 10.0. The highest BCUT2D eigenvalue weighted by Crippen LogP contribution is 2.30. The third-order valence-electron chi connectivity index (χ3n) is 3.53. The van der Waals surface area contributed by atoms with E-state index in [1.54, 1.807) is 0 Å². The lowest BCUT2D eigenvalue weighted by Crippen LogP contribution is -2.09. The topological polar surface area (TPSA) is 26.3 Å². The fraction of sp³-hybridized carbons (Fsp3) is 0.105. The van der Waals surface area contributed by atoms with Crippen LogP contribution in [0.3, 0.4) is 0 Å². The summed E-state index contributed by atoms with van der Waals surface area (Å²) < 4.78 is 57.0. The van der Waals surface area contributed by atoms with Gasteiger partial charge in [-0.15, -0.1) is 0 Å². The molecule has 0 fully saturated rings. The molecule has 0 aliphatic carbocycles. The van der Waals surface area contributed by atoms with Crippen molar-refractivity contribution < 1.29 is 27.1 Å². The third kappa shape index (κ3) is 3.72. The highest BCUT2D eigenvalue weighted by Gasteiger charge is 2.29. The standard InChI is InChI=1S/C19H10F4O2/c20-17-8-13(9-18-16(17)7-14(10-24)11-25-18)2-1-12-3-5-15(6-4-12)19(21,22)23/h3-10H,11H2. The molecule has 3 rings (SSSR count). The first kappa shape index (κ1) is 16.8. The summed E-state index contributed by atoms with van der Waals surface area (Å²) in [6, 6.07) is 7.08. The molecule has 2 aromatic carbocycles. The minimum Gasteiger partial charge on any atom is -0.488 e. The molecule has 1 heterocycles. The Morgan fingerprint density at radius 3 is 2.36 bits per heavy atom. The van der Waals surface area contributed by atoms with E-state index in [1.165, 1.54) is 30.3 Å². The van der Waals surface area contributed by atoms with Crippen molar-refractivity contribution in [3.05, 3.63) is 70.0 Å². The van der Waals surface area contributed by atoms with Gasteiger partial charge in [-0.2, -0.15) is 13.2 Å². The maximum Gasteiger partial charge on any atom is 0.416 e. The Morgan fingerprint density at radius 1 is 1.04 bits per heavy atom. The molecule has 2 aromatic rings. The predicted octanol–water partition coefficient (Wildman–Crippen LogP) is 4.22. The maximum absolute atomic E-state index is 14.1. The van der Waals surface area contributed by atoms with Crippen LogP contribution in [0.5, 0.6) is 5.75 Å². The van der Waals surface area contributed by atoms with E-state index in [2.05, 4.69) is 11.8 Å². The Kier molecular flexibility index (Phi) is 4.32. The van der Waals surface area contributed by atoms with Gasteiger partial charge in [0.1, 0.15) is 24.5 Å². The zero-order valence-electron chi connectivity index (χ0n) is 12.7. The van der Waals surface area contributed by atoms with Crippen LogP contribution in [-0.4, -0.2) is 12.9 Å². The Hall–Kier alpha value is -3.07. The molecule has 0 saturated carbocycles. The monoisotopic (exact) mass is 346 g/mol. The zero-order chi connectivity index (χ0) is 18.0. The molecule has 0 spiro atoms. The molecule has 2 nitrogen and oxygen atoms in total. The highest BCUT2D eigenvalue weighted by atomic mass is 19.4. The van der Waals surface area contributed by atoms with Crippen LogP contribution < -0.4 is 4.74 Å². The number of halogens is 4. The summed E-state index contributed by atoms with van der Waals surface area (Å²) in [6.07, 6.45) is -2.40. The van der Waals surface area contributed by atoms with Gasteiger partial charge in [-0.05, 0) is 42.5 Å². The molecule has 1 aliphatic rings. The van der Waals surface area contributed by atoms with Gasteiger partial charge < -0.3 is 4.74 Å². The summed E-state index contributed by atoms with van der Waals surface area (Å²) in [5, 5.41) is 0. The Balaban J connectivity index is 1.88. The molecule has 0 N–H and O–H groups in total. The van der Waals surface area contributed by atoms with Gasteiger partial charge in [0.15, 0.2) is 0 Å². The minimum atomic E-state index is -4.40. The van der Waals surface area contributed by atoms with Crippen LogP contribution in [0.15, 0.2) is 42.0 Å². The molecule has 0 unspecified atom stereocenters. The number of carbonyl (C=O) groups excluding carboxylic acids is 1. The van der Waals surface area contributed by atoms with Gasteiger partial charge in [-0.3, -0.25) is 4.79 Å². The average Bonchev–Trinajstić information content (AvgIpc) is 2.59. The zero-order valence-corrected chi connectivity index (χ0v) is 12.7. The lowest BCUT2D eigenvalue weighted by molar-refractivity contribution is -0.137. The van der Waals surface area contributed by atoms with Crippen molar-refractivity contribution in [2.75, 3.05) is 6.61 Å². The van der Waals surface area contributed by atoms with Crippen LogP contribution in [0.4, 0.5) is 17.6 Å². The fourth-order valence-corrected chi connectivity index (χ4v) is 2.27. The first-order valence-electron chi connectivity index (χ1n) is 7.18. The van der Waals surface area contributed by atoms with Crippen LogP contribution in [0.25, 0.3) is 6.08 Å². The van der Waals surface area contributed by atoms with Gasteiger partial charge in [0.2, 0.25) is 0 Å². The molecule has 25 heavy (non-hydrogen) atoms. The summed E-state index contributed by atoms with van der Waals surface area (Å²) in [5.74, 6) is 5.05. The summed E-state index contributed by atoms with van der Waals surface area (Å²) in [5.41, 5.74) is 0.432. The average molecular weight is 346 g/mol. The van der Waals surface area contributed by atoms with Crippen LogP contribution in [0.2, 0.25) is 0 Å². The number of rotatable bonds is 1. The van der Waals surface area contributed by atoms with Gasteiger partial charge in [-0.25, -0.2) is 4.39 Å². The van der Waals surface area contributed by atoms with E-state index in [1.807, 2.05) is 0 Å². The second-order valence-electron chi connectivity index (χ2n) is 5.32. The molecule has 0 aromatic heterocycles. The van der Waals surface area contributed by atoms with Gasteiger partial charge in [-0.1, -0.05) is 11.8 Å². The number of carbonyl (C=O) groups is 1. The van der Waals surface area contributed by atoms with E-state index < -0.39 is 17.6 Å². The number of fused-ring (bicyclic) bond motifs is 1. The Bertz CT molecular complexity index is 913. The number of alkyl halides is 3. The van der Waals surface area contributed by atoms with Gasteiger partial charge in [0.25, 0.3) is 0 Å². The van der Waals surface area contributed by atoms with Crippen molar-refractivity contribution in [3.63, 3.8) is 0 Å². The number of aldehydes is 1. The number of hydrogen-bond donors (Lipinski definition) is 0. The van der Waals surface area contributed by atoms with Crippen LogP contribution in [0.1, 0.15) is 22.3 Å². The molecule has 0 atom stereocenters. The minimum absolute atomic E-state index is 0.0473. The first-order valence-corrected chi connectivity index (χ1v) is 7.18. The Labute approximate surface area is 140 Å². The van der Waals surface area contributed by atoms with E-state index >= 15 is 0 Å². The van der Waals surface area contributed by atoms with Crippen LogP contribution >= 0.6 is 0 Å². The number of ether oxygens (including phenoxy) is 1. The maximum atomic E-state index is 14.1. The van der Waals surface area contributed by atoms with Crippen LogP contribution in [0, 0.1) is 17.7 Å². The third-order valence-corrected chi connectivity index (χ3v) is 3.53. The van der Waals surface area contributed by atoms with Crippen molar-refractivity contribution in [3.8, 4) is 17.6 Å². The second kappa shape index (κ2) is 6.44. The van der Waals surface area contributed by atoms with Gasteiger partial charge >= 0.3 is 6.18 Å². The highest BCUT2D eigenvalue weighted by molar-refractivity contribution is 5.84. The van der Waals surface area contributed by atoms with Gasteiger partial charge in [0.05, 0.1) is 11.1 Å². The molecule has 0 bridgehead atoms. The summed E-state index contributed by atoms with van der Waals surface area (Å²) >= 11 is 0. The van der Waals surface area contributed by atoms with E-state index in [0.29, 0.717) is 23.0 Å². The molecule has 126 valence electrons. The van der Waals surface area contributed by atoms with E-state index in [9.17, 15) is 22.4 Å². The summed E-state index contributed by atoms with van der Waals surface area (Å²) in [6.45, 7) is 0.0473. The smallest absolute Gasteiger partial charge is 0.416 e. The molecule has 0 amide bonds. The molecular formula is C19H10F4O2. The van der Waals surface area contributed by atoms with E-state index in [-0.39, 0.29) is 17.9 Å². The van der Waals surface area contributed by atoms with Crippen LogP contribution in [-0.2, 0) is 11.0 Å². The fourth-order valence-electron chi connectivity index (χ4n) is 2.27. The van der Waals surface area contributed by atoms with Crippen molar-refractivity contribution >= 4 is 12.4 Å². The second-order valence-corrected chi connectivity index (χ2v) is 5.32. The van der Waals surface area contributed by atoms with Crippen molar-refractivity contribution in [1.82, 2.24) is 0 Å². The lowest BCUT2D eigenvalue weighted by Gasteiger charge is -2.15. The van der Waals surface area contributed by atoms with E-state index in [4.69, 9.17) is 4.74 Å². The first-order chi connectivity index (χ1) is 11.9. The van der Waals surface area contributed by atoms with Crippen molar-refractivity contribution in [2.45, 2.75) is 6.18 Å². The number of benzene rings is 2. The van der Waals surface area contributed by atoms with Crippen molar-refractivity contribution in [1.29, 1.82) is 0 Å². The number of hydrogen-bond acceptors (Lipinski definition) is 2. The largest absolute Gasteiger partial charge is 0.488 e. The molecule has 1 aliphatic heterocycles. The van der Waals surface area contributed by atoms with Gasteiger partial charge in [0, 0.05) is 16.7 Å². The van der Waals surface area contributed by atoms with E-state index in [0.717, 1.165) is 12.1 Å². The van der Waals surface area contributed by atoms with Crippen molar-refractivity contribution in [2.24, 2.45) is 0 Å². The molecule has 6 heteroatoms. The quantitative estimate of drug-likeness (QED) is 0.439. The predicted molar refractivity (Wildman–Crippen MR) is 83.4 cm³/mol.